The molecule has 0 aliphatic heterocycles. The topological polar surface area (TPSA) is 25.8 Å². The van der Waals surface area contributed by atoms with Crippen molar-refractivity contribution in [1.82, 2.24) is 9.97 Å². The smallest absolute Gasteiger partial charge is 0.124 e. The van der Waals surface area contributed by atoms with Crippen LogP contribution in [0.3, 0.4) is 0 Å². The van der Waals surface area contributed by atoms with Gasteiger partial charge in [0.05, 0.1) is 20.4 Å². The van der Waals surface area contributed by atoms with Crippen LogP contribution in [0.1, 0.15) is 28.2 Å². The number of benzene rings is 7. The van der Waals surface area contributed by atoms with Crippen molar-refractivity contribution in [3.63, 3.8) is 0 Å². The molecule has 7 aromatic carbocycles. The molecule has 9 aromatic rings. The van der Waals surface area contributed by atoms with Gasteiger partial charge >= 0.3 is 0 Å². The fourth-order valence-corrected chi connectivity index (χ4v) is 10.2. The number of allylic oxidation sites excluding steroid dienone is 5. The molecule has 0 N–H and O–H groups in total. The average Bonchev–Trinajstić information content (AvgIpc) is 3.84. The largest absolute Gasteiger partial charge is 0.236 e. The highest BCUT2D eigenvalue weighted by Crippen LogP contribution is 2.50. The van der Waals surface area contributed by atoms with Crippen molar-refractivity contribution in [3.8, 4) is 21.1 Å². The normalized spacial score (nSPS) is 16.6. The first-order valence-electron chi connectivity index (χ1n) is 17.7. The van der Waals surface area contributed by atoms with Gasteiger partial charge in [-0.3, -0.25) is 0 Å². The third kappa shape index (κ3) is 4.83. The zero-order chi connectivity index (χ0) is 34.2. The van der Waals surface area contributed by atoms with Gasteiger partial charge in [-0.15, -0.1) is 22.7 Å². The Labute approximate surface area is 309 Å². The lowest BCUT2D eigenvalue weighted by Gasteiger charge is -2.37. The number of thiazole rings is 2. The van der Waals surface area contributed by atoms with E-state index in [4.69, 9.17) is 9.97 Å². The van der Waals surface area contributed by atoms with E-state index >= 15 is 0 Å². The molecule has 0 amide bonds. The van der Waals surface area contributed by atoms with Crippen molar-refractivity contribution in [2.75, 3.05) is 0 Å². The Kier molecular flexibility index (Phi) is 6.76. The van der Waals surface area contributed by atoms with Crippen molar-refractivity contribution in [2.24, 2.45) is 5.92 Å². The van der Waals surface area contributed by atoms with Crippen molar-refractivity contribution in [2.45, 2.75) is 5.92 Å². The number of hydrogen-bond acceptors (Lipinski definition) is 4. The highest BCUT2D eigenvalue weighted by atomic mass is 32.1. The number of rotatable bonds is 4. The lowest BCUT2D eigenvalue weighted by atomic mass is 9.66. The summed E-state index contributed by atoms with van der Waals surface area (Å²) in [5.74, 6) is 0.438. The number of para-hydroxylation sites is 2. The van der Waals surface area contributed by atoms with Crippen LogP contribution < -0.4 is 0 Å². The first-order chi connectivity index (χ1) is 25.7. The summed E-state index contributed by atoms with van der Waals surface area (Å²) in [6.45, 7) is 0. The summed E-state index contributed by atoms with van der Waals surface area (Å²) in [5, 5.41) is 7.09. The number of hydrogen-bond donors (Lipinski definition) is 0. The van der Waals surface area contributed by atoms with Gasteiger partial charge in [-0.05, 0) is 97.4 Å². The molecule has 2 aliphatic rings. The van der Waals surface area contributed by atoms with Gasteiger partial charge in [0.1, 0.15) is 10.0 Å². The first kappa shape index (κ1) is 29.8. The van der Waals surface area contributed by atoms with Crippen LogP contribution in [0.4, 0.5) is 0 Å². The molecule has 2 aromatic heterocycles. The maximum absolute atomic E-state index is 4.92. The number of fused-ring (bicyclic) bond motifs is 6. The maximum Gasteiger partial charge on any atom is 0.124 e. The monoisotopic (exact) mass is 698 g/mol. The predicted molar refractivity (Wildman–Crippen MR) is 221 cm³/mol. The van der Waals surface area contributed by atoms with Crippen LogP contribution in [-0.4, -0.2) is 9.97 Å². The summed E-state index contributed by atoms with van der Waals surface area (Å²) in [6, 6.07) is 53.4. The Morgan fingerprint density at radius 1 is 0.481 bits per heavy atom. The minimum atomic E-state index is 0.210. The summed E-state index contributed by atoms with van der Waals surface area (Å²) in [6.07, 6.45) is 9.17. The van der Waals surface area contributed by atoms with Gasteiger partial charge in [0.2, 0.25) is 0 Å². The van der Waals surface area contributed by atoms with Gasteiger partial charge in [-0.1, -0.05) is 127 Å². The minimum Gasteiger partial charge on any atom is -0.236 e. The Morgan fingerprint density at radius 3 is 1.71 bits per heavy atom. The molecule has 11 rings (SSSR count). The summed E-state index contributed by atoms with van der Waals surface area (Å²) in [4.78, 5) is 9.84. The second kappa shape index (κ2) is 11.8. The molecule has 2 atom stereocenters. The van der Waals surface area contributed by atoms with E-state index in [0.29, 0.717) is 0 Å². The first-order valence-corrected chi connectivity index (χ1v) is 19.3. The van der Waals surface area contributed by atoms with Gasteiger partial charge < -0.3 is 0 Å². The molecule has 0 bridgehead atoms. The van der Waals surface area contributed by atoms with Crippen LogP contribution >= 0.6 is 22.7 Å². The van der Waals surface area contributed by atoms with E-state index < -0.39 is 0 Å². The minimum absolute atomic E-state index is 0.210. The molecule has 0 saturated heterocycles. The molecule has 4 heteroatoms. The van der Waals surface area contributed by atoms with Gasteiger partial charge in [0.25, 0.3) is 0 Å². The van der Waals surface area contributed by atoms with Crippen molar-refractivity contribution in [3.05, 3.63) is 198 Å². The Morgan fingerprint density at radius 2 is 1.04 bits per heavy atom. The molecule has 2 nitrogen and oxygen atoms in total. The van der Waals surface area contributed by atoms with Crippen LogP contribution in [0.2, 0.25) is 0 Å². The van der Waals surface area contributed by atoms with E-state index in [9.17, 15) is 0 Å². The third-order valence-electron chi connectivity index (χ3n) is 10.7. The quantitative estimate of drug-likeness (QED) is 0.183. The molecule has 2 heterocycles. The summed E-state index contributed by atoms with van der Waals surface area (Å²) in [5.41, 5.74) is 12.5. The second-order valence-electron chi connectivity index (χ2n) is 13.7. The Hall–Kier alpha value is -5.94. The van der Waals surface area contributed by atoms with Crippen LogP contribution in [0.15, 0.2) is 175 Å². The molecular weight excluding hydrogens is 669 g/mol. The van der Waals surface area contributed by atoms with Gasteiger partial charge in [0, 0.05) is 23.0 Å². The Balaban J connectivity index is 0.985. The van der Waals surface area contributed by atoms with E-state index in [1.54, 1.807) is 22.7 Å². The van der Waals surface area contributed by atoms with Crippen LogP contribution in [0, 0.1) is 5.92 Å². The van der Waals surface area contributed by atoms with Gasteiger partial charge in [-0.25, -0.2) is 9.97 Å². The Bertz CT molecular complexity index is 2930. The fourth-order valence-electron chi connectivity index (χ4n) is 8.27. The van der Waals surface area contributed by atoms with Gasteiger partial charge in [-0.2, -0.15) is 0 Å². The van der Waals surface area contributed by atoms with Gasteiger partial charge in [0.15, 0.2) is 0 Å². The second-order valence-corrected chi connectivity index (χ2v) is 15.8. The zero-order valence-corrected chi connectivity index (χ0v) is 29.7. The van der Waals surface area contributed by atoms with E-state index in [1.807, 2.05) is 0 Å². The van der Waals surface area contributed by atoms with Crippen molar-refractivity contribution >= 4 is 70.2 Å². The summed E-state index contributed by atoms with van der Waals surface area (Å²) >= 11 is 3.51. The maximum atomic E-state index is 4.92. The SMILES string of the molecule is C1=CC2=C(c3ccc4cc(-c5nc6ccccc6s5)ccc4c3)c3ccccc3C(c3ccc4cc(-c5nc6ccccc6s5)ccc4c3)C2C=C1. The summed E-state index contributed by atoms with van der Waals surface area (Å²) < 4.78 is 2.44. The number of nitrogens with zero attached hydrogens (tertiary/aromatic N) is 2. The zero-order valence-electron chi connectivity index (χ0n) is 28.0. The van der Waals surface area contributed by atoms with E-state index in [2.05, 4.69) is 170 Å². The lowest BCUT2D eigenvalue weighted by Crippen LogP contribution is -2.22. The molecular formula is C48H30N2S2. The molecule has 244 valence electrons. The highest BCUT2D eigenvalue weighted by Gasteiger charge is 2.35. The predicted octanol–water partition coefficient (Wildman–Crippen LogP) is 13.2. The standard InChI is InChI=1S/C48H30N2S2/c1-2-10-38-37(9-1)45(33-21-17-31-27-35(23-19-29(31)25-33)47-49-41-13-5-7-15-43(41)51-47)39-11-3-4-12-40(39)46(38)34-22-18-32-28-36(24-20-30(32)26-34)48-50-42-14-6-8-16-44(42)52-48/h1-28,37,45H. The summed E-state index contributed by atoms with van der Waals surface area (Å²) in [7, 11) is 0. The van der Waals surface area contributed by atoms with Crippen LogP contribution in [0.25, 0.3) is 68.7 Å². The molecule has 0 fully saturated rings. The highest BCUT2D eigenvalue weighted by molar-refractivity contribution is 7.22. The molecule has 0 spiro atoms. The van der Waals surface area contributed by atoms with Crippen molar-refractivity contribution in [1.29, 1.82) is 0 Å². The van der Waals surface area contributed by atoms with E-state index in [0.717, 1.165) is 26.6 Å². The molecule has 2 aliphatic carbocycles. The molecule has 52 heavy (non-hydrogen) atoms. The molecule has 0 radical (unpaired) electrons. The van der Waals surface area contributed by atoms with Crippen LogP contribution in [-0.2, 0) is 0 Å². The average molecular weight is 699 g/mol. The fraction of sp³-hybridized carbons (Fsp3) is 0.0417. The number of aromatic nitrogens is 2. The lowest BCUT2D eigenvalue weighted by molar-refractivity contribution is 0.649. The van der Waals surface area contributed by atoms with Crippen molar-refractivity contribution < 1.29 is 0 Å². The van der Waals surface area contributed by atoms with Crippen LogP contribution in [0.5, 0.6) is 0 Å². The molecule has 2 unspecified atom stereocenters. The molecule has 0 saturated carbocycles. The van der Waals surface area contributed by atoms with E-state index in [1.165, 1.54) is 69.9 Å². The third-order valence-corrected chi connectivity index (χ3v) is 12.9. The van der Waals surface area contributed by atoms with E-state index in [-0.39, 0.29) is 11.8 Å².